The van der Waals surface area contributed by atoms with Gasteiger partial charge >= 0.3 is 11.9 Å². The first kappa shape index (κ1) is 33.7. The van der Waals surface area contributed by atoms with Gasteiger partial charge in [-0.15, -0.1) is 0 Å². The van der Waals surface area contributed by atoms with Gasteiger partial charge in [0.25, 0.3) is 0 Å². The molecular weight excluding hydrogens is 488 g/mol. The molecule has 0 bridgehead atoms. The lowest BCUT2D eigenvalue weighted by molar-refractivity contribution is -0.140. The van der Waals surface area contributed by atoms with Crippen LogP contribution >= 0.6 is 0 Å². The maximum Gasteiger partial charge on any atom is 0.333 e. The van der Waals surface area contributed by atoms with E-state index >= 15 is 0 Å². The van der Waals surface area contributed by atoms with Gasteiger partial charge in [0.2, 0.25) is 16.6 Å². The largest absolute Gasteiger partial charge is 0.462 e. The Morgan fingerprint density at radius 3 is 1.31 bits per heavy atom. The van der Waals surface area contributed by atoms with Gasteiger partial charge in [0, 0.05) is 24.0 Å². The van der Waals surface area contributed by atoms with Crippen molar-refractivity contribution in [3.05, 3.63) is 24.3 Å². The lowest BCUT2D eigenvalue weighted by Gasteiger charge is -2.42. The summed E-state index contributed by atoms with van der Waals surface area (Å²) in [7, 11) is -5.16. The Kier molecular flexibility index (Phi) is 15.1. The number of carbonyl (C=O) groups is 2. The number of carbonyl (C=O) groups excluding carboxylic acids is 2. The smallest absolute Gasteiger partial charge is 0.333 e. The van der Waals surface area contributed by atoms with Crippen LogP contribution in [0.3, 0.4) is 0 Å². The lowest BCUT2D eigenvalue weighted by atomic mass is 10.3. The molecule has 204 valence electrons. The Bertz CT molecular complexity index is 647. The van der Waals surface area contributed by atoms with Crippen molar-refractivity contribution in [2.45, 2.75) is 90.4 Å². The topological polar surface area (TPSA) is 121 Å². The molecule has 0 aliphatic heterocycles. The van der Waals surface area contributed by atoms with Crippen molar-refractivity contribution in [2.75, 3.05) is 26.4 Å². The fraction of sp³-hybridized carbons (Fsp3) is 0.750. The van der Waals surface area contributed by atoms with E-state index in [1.165, 1.54) is 0 Å². The quantitative estimate of drug-likeness (QED) is 0.155. The van der Waals surface area contributed by atoms with Crippen LogP contribution in [0, 0.1) is 0 Å². The molecule has 35 heavy (non-hydrogen) atoms. The van der Waals surface area contributed by atoms with E-state index in [0.717, 1.165) is 0 Å². The minimum Gasteiger partial charge on any atom is -0.462 e. The van der Waals surface area contributed by atoms with Crippen molar-refractivity contribution in [1.29, 1.82) is 0 Å². The summed E-state index contributed by atoms with van der Waals surface area (Å²) in [5.41, 5.74) is -0.0858. The summed E-state index contributed by atoms with van der Waals surface area (Å²) in [6.07, 6.45) is -0.498. The number of hydrogen-bond donors (Lipinski definition) is 2. The molecule has 0 saturated heterocycles. The third-order valence-electron chi connectivity index (χ3n) is 5.08. The van der Waals surface area contributed by atoms with Crippen molar-refractivity contribution in [3.8, 4) is 0 Å². The van der Waals surface area contributed by atoms with Crippen LogP contribution in [0.1, 0.15) is 40.5 Å². The minimum absolute atomic E-state index is 0.125. The van der Waals surface area contributed by atoms with E-state index in [2.05, 4.69) is 13.2 Å². The van der Waals surface area contributed by atoms with E-state index < -0.39 is 40.8 Å². The molecule has 0 aromatic carbocycles. The average molecular weight is 535 g/mol. The Labute approximate surface area is 212 Å². The zero-order valence-electron chi connectivity index (χ0n) is 22.7. The summed E-state index contributed by atoms with van der Waals surface area (Å²) in [6, 6.07) is 0. The Morgan fingerprint density at radius 2 is 1.06 bits per heavy atom. The molecule has 0 aromatic rings. The molecule has 0 heterocycles. The first-order valence-corrected chi connectivity index (χ1v) is 17.9. The molecule has 0 fully saturated rings. The van der Waals surface area contributed by atoms with Crippen molar-refractivity contribution in [1.82, 2.24) is 0 Å². The van der Waals surface area contributed by atoms with Crippen LogP contribution in [0.4, 0.5) is 0 Å². The van der Waals surface area contributed by atoms with Gasteiger partial charge in [-0.2, -0.15) is 0 Å². The molecule has 0 saturated carbocycles. The predicted octanol–water partition coefficient (Wildman–Crippen LogP) is 3.04. The van der Waals surface area contributed by atoms with Crippen LogP contribution in [0.5, 0.6) is 0 Å². The third kappa shape index (κ3) is 14.1. The van der Waals surface area contributed by atoms with Gasteiger partial charge in [-0.3, -0.25) is 0 Å². The highest BCUT2D eigenvalue weighted by atomic mass is 28.4. The molecule has 2 N–H and O–H groups in total. The molecule has 0 spiro atoms. The van der Waals surface area contributed by atoms with Crippen molar-refractivity contribution < 1.29 is 42.9 Å². The zero-order valence-corrected chi connectivity index (χ0v) is 24.7. The number of aliphatic hydroxyl groups excluding tert-OH is 2. The number of aliphatic hydroxyl groups is 2. The number of rotatable bonds is 18. The minimum atomic E-state index is -2.58. The monoisotopic (exact) mass is 534 g/mol. The summed E-state index contributed by atoms with van der Waals surface area (Å²) in [5.74, 6) is -0.935. The molecule has 0 amide bonds. The molecule has 0 radical (unpaired) electrons. The lowest BCUT2D eigenvalue weighted by Crippen LogP contribution is -2.59. The Hall–Kier alpha value is -1.35. The maximum absolute atomic E-state index is 11.8. The van der Waals surface area contributed by atoms with E-state index in [0.29, 0.717) is 24.0 Å². The predicted molar refractivity (Wildman–Crippen MR) is 140 cm³/mol. The molecule has 4 atom stereocenters. The highest BCUT2D eigenvalue weighted by Gasteiger charge is 2.44. The highest BCUT2D eigenvalue weighted by molar-refractivity contribution is 6.86. The number of hydrogen-bond acceptors (Lipinski definition) is 9. The first-order valence-electron chi connectivity index (χ1n) is 11.9. The fourth-order valence-electron chi connectivity index (χ4n) is 3.35. The summed E-state index contributed by atoms with van der Waals surface area (Å²) in [6.45, 7) is 22.2. The number of esters is 2. The van der Waals surface area contributed by atoms with Crippen LogP contribution in [0.15, 0.2) is 24.3 Å². The molecule has 4 unspecified atom stereocenters. The summed E-state index contributed by atoms with van der Waals surface area (Å²) in [5, 5.41) is 19.5. The Balaban J connectivity index is 5.51. The van der Waals surface area contributed by atoms with Gasteiger partial charge < -0.3 is 33.3 Å². The average Bonchev–Trinajstić information content (AvgIpc) is 2.70. The SMILES string of the molecule is C=C(C)C(=O)OCCC(OCC(C)O)[Si](C)(C)O[Si](C)(C)C(CCOC(=O)C(=C)C)OCC(C)O. The molecule has 0 aliphatic rings. The van der Waals surface area contributed by atoms with Gasteiger partial charge in [-0.05, 0) is 53.9 Å². The summed E-state index contributed by atoms with van der Waals surface area (Å²) < 4.78 is 29.3. The van der Waals surface area contributed by atoms with E-state index in [-0.39, 0.29) is 37.9 Å². The van der Waals surface area contributed by atoms with Gasteiger partial charge in [0.1, 0.15) is 0 Å². The van der Waals surface area contributed by atoms with E-state index in [9.17, 15) is 19.8 Å². The van der Waals surface area contributed by atoms with E-state index in [1.54, 1.807) is 27.7 Å². The van der Waals surface area contributed by atoms with Crippen molar-refractivity contribution in [3.63, 3.8) is 0 Å². The van der Waals surface area contributed by atoms with Crippen LogP contribution in [0.25, 0.3) is 0 Å². The summed E-state index contributed by atoms with van der Waals surface area (Å²) in [4.78, 5) is 23.6. The molecular formula is C24H46O9Si2. The normalized spacial score (nSPS) is 15.6. The van der Waals surface area contributed by atoms with Crippen LogP contribution < -0.4 is 0 Å². The molecule has 0 aromatic heterocycles. The van der Waals surface area contributed by atoms with E-state index in [1.807, 2.05) is 26.2 Å². The second kappa shape index (κ2) is 15.7. The van der Waals surface area contributed by atoms with Crippen LogP contribution in [-0.2, 0) is 32.7 Å². The molecule has 11 heteroatoms. The van der Waals surface area contributed by atoms with Crippen molar-refractivity contribution in [2.24, 2.45) is 0 Å². The summed E-state index contributed by atoms with van der Waals surface area (Å²) >= 11 is 0. The van der Waals surface area contributed by atoms with Gasteiger partial charge in [0.15, 0.2) is 0 Å². The van der Waals surface area contributed by atoms with Crippen molar-refractivity contribution >= 4 is 28.6 Å². The standard InChI is InChI=1S/C24H46O9Si2/c1-17(2)23(27)29-13-11-21(31-15-19(5)25)34(7,8)33-35(9,10)22(32-16-20(6)26)12-14-30-24(28)18(3)4/h19-22,25-26H,1,3,11-16H2,2,4-10H3. The second-order valence-corrected chi connectivity index (χ2v) is 18.6. The molecule has 0 aliphatic carbocycles. The highest BCUT2D eigenvalue weighted by Crippen LogP contribution is 2.27. The van der Waals surface area contributed by atoms with Gasteiger partial charge in [-0.25, -0.2) is 9.59 Å². The second-order valence-electron chi connectivity index (χ2n) is 10.1. The fourth-order valence-corrected chi connectivity index (χ4v) is 12.4. The van der Waals surface area contributed by atoms with Crippen LogP contribution in [0.2, 0.25) is 26.2 Å². The Morgan fingerprint density at radius 1 is 0.743 bits per heavy atom. The van der Waals surface area contributed by atoms with E-state index in [4.69, 9.17) is 23.1 Å². The molecule has 0 rings (SSSR count). The van der Waals surface area contributed by atoms with Gasteiger partial charge in [-0.1, -0.05) is 13.2 Å². The maximum atomic E-state index is 11.8. The van der Waals surface area contributed by atoms with Crippen LogP contribution in [-0.4, -0.2) is 88.9 Å². The molecule has 9 nitrogen and oxygen atoms in total. The number of ether oxygens (including phenoxy) is 4. The van der Waals surface area contributed by atoms with Gasteiger partial charge in [0.05, 0.1) is 50.1 Å². The third-order valence-corrected chi connectivity index (χ3v) is 13.3. The first-order chi connectivity index (χ1) is 16.0. The zero-order chi connectivity index (χ0) is 27.4.